The van der Waals surface area contributed by atoms with Crippen molar-refractivity contribution in [3.05, 3.63) is 35.4 Å². The number of carboxylic acids is 2. The highest BCUT2D eigenvalue weighted by Gasteiger charge is 2.19. The van der Waals surface area contributed by atoms with Gasteiger partial charge in [0.1, 0.15) is 0 Å². The molecule has 1 aliphatic heterocycles. The molecule has 0 radical (unpaired) electrons. The van der Waals surface area contributed by atoms with Crippen molar-refractivity contribution < 1.29 is 30.0 Å². The minimum absolute atomic E-state index is 0.0833. The normalized spacial score (nSPS) is 15.2. The van der Waals surface area contributed by atoms with Gasteiger partial charge in [-0.1, -0.05) is 0 Å². The standard InChI is InChI=1S/C8H6O4.C6H12O2S/c9-7(10)5-1-2-6(4-3-5)8(11)12;7-6(8)5-1-3-9-4-2-5/h1-4H,(H,9,10)(H,11,12);5-8H,1-4H2. The van der Waals surface area contributed by atoms with Gasteiger partial charge in [-0.15, -0.1) is 0 Å². The molecule has 0 spiro atoms. The van der Waals surface area contributed by atoms with E-state index in [0.29, 0.717) is 0 Å². The lowest BCUT2D eigenvalue weighted by Gasteiger charge is -2.22. The van der Waals surface area contributed by atoms with Crippen LogP contribution in [0.5, 0.6) is 0 Å². The van der Waals surface area contributed by atoms with Crippen LogP contribution >= 0.6 is 11.8 Å². The van der Waals surface area contributed by atoms with E-state index in [2.05, 4.69) is 0 Å². The Morgan fingerprint density at radius 3 is 1.57 bits per heavy atom. The molecule has 6 nitrogen and oxygen atoms in total. The van der Waals surface area contributed by atoms with Crippen molar-refractivity contribution in [1.29, 1.82) is 0 Å². The summed E-state index contributed by atoms with van der Waals surface area (Å²) in [6.07, 6.45) is 0.843. The van der Waals surface area contributed by atoms with Gasteiger partial charge in [0, 0.05) is 5.92 Å². The Hall–Kier alpha value is -1.57. The predicted molar refractivity (Wildman–Crippen MR) is 78.6 cm³/mol. The first-order valence-electron chi connectivity index (χ1n) is 6.42. The molecular weight excluding hydrogens is 296 g/mol. The van der Waals surface area contributed by atoms with Crippen molar-refractivity contribution in [2.24, 2.45) is 5.92 Å². The summed E-state index contributed by atoms with van der Waals surface area (Å²) in [4.78, 5) is 20.7. The third kappa shape index (κ3) is 6.16. The average molecular weight is 314 g/mol. The lowest BCUT2D eigenvalue weighted by Crippen LogP contribution is -2.23. The molecule has 1 fully saturated rings. The fourth-order valence-electron chi connectivity index (χ4n) is 1.77. The Kier molecular flexibility index (Phi) is 7.21. The van der Waals surface area contributed by atoms with Crippen LogP contribution < -0.4 is 0 Å². The zero-order valence-electron chi connectivity index (χ0n) is 11.3. The molecule has 1 aliphatic rings. The molecule has 1 heterocycles. The Morgan fingerprint density at radius 2 is 1.33 bits per heavy atom. The molecule has 2 rings (SSSR count). The molecule has 1 aromatic rings. The van der Waals surface area contributed by atoms with E-state index in [1.165, 1.54) is 24.3 Å². The van der Waals surface area contributed by atoms with E-state index in [-0.39, 0.29) is 17.0 Å². The van der Waals surface area contributed by atoms with Crippen molar-refractivity contribution in [3.8, 4) is 0 Å². The van der Waals surface area contributed by atoms with Gasteiger partial charge >= 0.3 is 11.9 Å². The fraction of sp³-hybridized carbons (Fsp3) is 0.429. The molecule has 0 atom stereocenters. The van der Waals surface area contributed by atoms with Crippen LogP contribution in [0.25, 0.3) is 0 Å². The Balaban J connectivity index is 0.000000219. The summed E-state index contributed by atoms with van der Waals surface area (Å²) < 4.78 is 0. The summed E-state index contributed by atoms with van der Waals surface area (Å²) in [5.74, 6) is 0.190. The molecule has 0 bridgehead atoms. The lowest BCUT2D eigenvalue weighted by molar-refractivity contribution is -0.0854. The van der Waals surface area contributed by atoms with Crippen molar-refractivity contribution in [2.45, 2.75) is 19.1 Å². The van der Waals surface area contributed by atoms with Gasteiger partial charge < -0.3 is 20.4 Å². The first-order chi connectivity index (χ1) is 9.91. The van der Waals surface area contributed by atoms with Crippen molar-refractivity contribution in [3.63, 3.8) is 0 Å². The second-order valence-corrected chi connectivity index (χ2v) is 5.78. The number of aliphatic hydroxyl groups is 2. The van der Waals surface area contributed by atoms with Gasteiger partial charge in [-0.2, -0.15) is 11.8 Å². The monoisotopic (exact) mass is 314 g/mol. The summed E-state index contributed by atoms with van der Waals surface area (Å²) in [6.45, 7) is 0. The molecule has 4 N–H and O–H groups in total. The van der Waals surface area contributed by atoms with Gasteiger partial charge in [-0.05, 0) is 48.6 Å². The van der Waals surface area contributed by atoms with Crippen LogP contribution in [-0.2, 0) is 0 Å². The van der Waals surface area contributed by atoms with Crippen molar-refractivity contribution in [1.82, 2.24) is 0 Å². The largest absolute Gasteiger partial charge is 0.478 e. The maximum Gasteiger partial charge on any atom is 0.335 e. The average Bonchev–Trinajstić information content (AvgIpc) is 2.49. The quantitative estimate of drug-likeness (QED) is 0.625. The van der Waals surface area contributed by atoms with E-state index in [1.807, 2.05) is 11.8 Å². The van der Waals surface area contributed by atoms with Crippen molar-refractivity contribution in [2.75, 3.05) is 11.5 Å². The first-order valence-corrected chi connectivity index (χ1v) is 7.58. The maximum absolute atomic E-state index is 10.3. The van der Waals surface area contributed by atoms with Gasteiger partial charge in [-0.3, -0.25) is 0 Å². The van der Waals surface area contributed by atoms with E-state index in [0.717, 1.165) is 24.3 Å². The second kappa shape index (κ2) is 8.66. The summed E-state index contributed by atoms with van der Waals surface area (Å²) in [5, 5.41) is 34.4. The van der Waals surface area contributed by atoms with Gasteiger partial charge in [0.05, 0.1) is 11.1 Å². The summed E-state index contributed by atoms with van der Waals surface area (Å²) in [7, 11) is 0. The Labute approximate surface area is 126 Å². The molecule has 21 heavy (non-hydrogen) atoms. The van der Waals surface area contributed by atoms with Gasteiger partial charge in [0.15, 0.2) is 6.29 Å². The number of benzene rings is 1. The maximum atomic E-state index is 10.3. The predicted octanol–water partition coefficient (Wildman–Crippen LogP) is 1.52. The van der Waals surface area contributed by atoms with Crippen LogP contribution in [0, 0.1) is 5.92 Å². The Bertz CT molecular complexity index is 432. The van der Waals surface area contributed by atoms with Gasteiger partial charge in [-0.25, -0.2) is 9.59 Å². The molecule has 1 aromatic carbocycles. The molecule has 116 valence electrons. The van der Waals surface area contributed by atoms with E-state index in [4.69, 9.17) is 20.4 Å². The molecule has 1 saturated heterocycles. The number of hydrogen-bond acceptors (Lipinski definition) is 5. The number of aliphatic hydroxyl groups excluding tert-OH is 1. The van der Waals surface area contributed by atoms with Crippen LogP contribution in [0.1, 0.15) is 33.6 Å². The number of carboxylic acid groups (broad SMARTS) is 2. The van der Waals surface area contributed by atoms with Crippen LogP contribution in [0.4, 0.5) is 0 Å². The minimum Gasteiger partial charge on any atom is -0.478 e. The van der Waals surface area contributed by atoms with E-state index in [9.17, 15) is 9.59 Å². The summed E-state index contributed by atoms with van der Waals surface area (Å²) >= 11 is 1.89. The molecule has 7 heteroatoms. The Morgan fingerprint density at radius 1 is 0.952 bits per heavy atom. The van der Waals surface area contributed by atoms with Crippen LogP contribution in [-0.4, -0.2) is 50.2 Å². The highest BCUT2D eigenvalue weighted by atomic mass is 32.2. The van der Waals surface area contributed by atoms with E-state index < -0.39 is 18.2 Å². The van der Waals surface area contributed by atoms with Crippen LogP contribution in [0.2, 0.25) is 0 Å². The number of rotatable bonds is 3. The summed E-state index contributed by atoms with van der Waals surface area (Å²) in [5.41, 5.74) is 0.167. The third-order valence-electron chi connectivity index (χ3n) is 3.07. The number of aromatic carboxylic acids is 2. The van der Waals surface area contributed by atoms with Gasteiger partial charge in [0.2, 0.25) is 0 Å². The number of carbonyl (C=O) groups is 2. The molecule has 0 aliphatic carbocycles. The number of hydrogen-bond donors (Lipinski definition) is 4. The highest BCUT2D eigenvalue weighted by Crippen LogP contribution is 2.24. The second-order valence-electron chi connectivity index (χ2n) is 4.55. The van der Waals surface area contributed by atoms with Crippen molar-refractivity contribution >= 4 is 23.7 Å². The topological polar surface area (TPSA) is 115 Å². The van der Waals surface area contributed by atoms with E-state index >= 15 is 0 Å². The fourth-order valence-corrected chi connectivity index (χ4v) is 2.91. The molecular formula is C14H18O6S. The minimum atomic E-state index is -1.08. The van der Waals surface area contributed by atoms with Gasteiger partial charge in [0.25, 0.3) is 0 Å². The van der Waals surface area contributed by atoms with Crippen LogP contribution in [0.15, 0.2) is 24.3 Å². The first kappa shape index (κ1) is 17.5. The van der Waals surface area contributed by atoms with E-state index in [1.54, 1.807) is 0 Å². The highest BCUT2D eigenvalue weighted by molar-refractivity contribution is 7.99. The molecule has 0 amide bonds. The summed E-state index contributed by atoms with van der Waals surface area (Å²) in [6, 6.07) is 5.02. The number of thioether (sulfide) groups is 1. The zero-order chi connectivity index (χ0) is 15.8. The zero-order valence-corrected chi connectivity index (χ0v) is 12.1. The molecule has 0 saturated carbocycles. The third-order valence-corrected chi connectivity index (χ3v) is 4.12. The smallest absolute Gasteiger partial charge is 0.335 e. The lowest BCUT2D eigenvalue weighted by atomic mass is 10.0. The SMILES string of the molecule is O=C(O)c1ccc(C(=O)O)cc1.OC(O)C1CCSCC1. The molecule has 0 aromatic heterocycles. The van der Waals surface area contributed by atoms with Crippen LogP contribution in [0.3, 0.4) is 0 Å². The molecule has 0 unspecified atom stereocenters.